The molecule has 0 amide bonds. The van der Waals surface area contributed by atoms with Crippen LogP contribution in [0.4, 0.5) is 5.69 Å². The van der Waals surface area contributed by atoms with E-state index < -0.39 is 0 Å². The van der Waals surface area contributed by atoms with Crippen LogP contribution in [0.25, 0.3) is 0 Å². The van der Waals surface area contributed by atoms with E-state index >= 15 is 0 Å². The van der Waals surface area contributed by atoms with Gasteiger partial charge in [-0.25, -0.2) is 0 Å². The molecule has 112 valence electrons. The lowest BCUT2D eigenvalue weighted by Crippen LogP contribution is -2.64. The highest BCUT2D eigenvalue weighted by Crippen LogP contribution is 2.32. The van der Waals surface area contributed by atoms with E-state index in [9.17, 15) is 0 Å². The fourth-order valence-corrected chi connectivity index (χ4v) is 3.49. The number of hydrogen-bond donors (Lipinski definition) is 1. The molecule has 0 spiro atoms. The molecule has 20 heavy (non-hydrogen) atoms. The van der Waals surface area contributed by atoms with Gasteiger partial charge in [-0.3, -0.25) is 0 Å². The van der Waals surface area contributed by atoms with E-state index in [0.717, 1.165) is 41.8 Å². The van der Waals surface area contributed by atoms with Crippen LogP contribution in [-0.4, -0.2) is 24.7 Å². The van der Waals surface area contributed by atoms with Gasteiger partial charge in [0.1, 0.15) is 0 Å². The average molecular weight is 360 g/mol. The molecule has 1 fully saturated rings. The quantitative estimate of drug-likeness (QED) is 0.826. The largest absolute Gasteiger partial charge is 0.365 e. The SMILES string of the molecule is CCC1CNC(CC)(CC)CN1c1ccc(Cl)c(Br)c1. The summed E-state index contributed by atoms with van der Waals surface area (Å²) in [6, 6.07) is 6.81. The van der Waals surface area contributed by atoms with Crippen molar-refractivity contribution in [2.45, 2.75) is 51.6 Å². The first-order chi connectivity index (χ1) is 9.55. The fraction of sp³-hybridized carbons (Fsp3) is 0.625. The van der Waals surface area contributed by atoms with Crippen molar-refractivity contribution in [1.29, 1.82) is 0 Å². The van der Waals surface area contributed by atoms with Gasteiger partial charge in [-0.2, -0.15) is 0 Å². The second-order valence-corrected chi connectivity index (χ2v) is 6.92. The molecular formula is C16H24BrClN2. The highest BCUT2D eigenvalue weighted by Gasteiger charge is 2.36. The third-order valence-corrected chi connectivity index (χ3v) is 5.90. The van der Waals surface area contributed by atoms with Crippen molar-refractivity contribution >= 4 is 33.2 Å². The molecule has 1 saturated heterocycles. The number of anilines is 1. The highest BCUT2D eigenvalue weighted by atomic mass is 79.9. The number of rotatable bonds is 4. The molecule has 1 heterocycles. The molecular weight excluding hydrogens is 336 g/mol. The molecule has 1 N–H and O–H groups in total. The van der Waals surface area contributed by atoms with Crippen LogP contribution >= 0.6 is 27.5 Å². The molecule has 2 rings (SSSR count). The molecule has 1 unspecified atom stereocenters. The van der Waals surface area contributed by atoms with Crippen LogP contribution in [0.15, 0.2) is 22.7 Å². The van der Waals surface area contributed by atoms with Crippen molar-refractivity contribution in [3.63, 3.8) is 0 Å². The predicted octanol–water partition coefficient (Wildman–Crippen LogP) is 4.85. The summed E-state index contributed by atoms with van der Waals surface area (Å²) in [5.41, 5.74) is 1.50. The molecule has 0 saturated carbocycles. The van der Waals surface area contributed by atoms with Gasteiger partial charge in [0.25, 0.3) is 0 Å². The number of piperazine rings is 1. The maximum absolute atomic E-state index is 6.12. The van der Waals surface area contributed by atoms with Crippen molar-refractivity contribution in [2.24, 2.45) is 0 Å². The summed E-state index contributed by atoms with van der Waals surface area (Å²) < 4.78 is 0.976. The van der Waals surface area contributed by atoms with Gasteiger partial charge >= 0.3 is 0 Å². The number of benzene rings is 1. The summed E-state index contributed by atoms with van der Waals surface area (Å²) >= 11 is 9.67. The van der Waals surface area contributed by atoms with Crippen LogP contribution in [0.3, 0.4) is 0 Å². The van der Waals surface area contributed by atoms with Crippen molar-refractivity contribution in [1.82, 2.24) is 5.32 Å². The Labute approximate surface area is 136 Å². The molecule has 1 aliphatic heterocycles. The van der Waals surface area contributed by atoms with Gasteiger partial charge in [-0.15, -0.1) is 0 Å². The lowest BCUT2D eigenvalue weighted by atomic mass is 9.88. The van der Waals surface area contributed by atoms with E-state index in [1.165, 1.54) is 5.69 Å². The Morgan fingerprint density at radius 3 is 2.60 bits per heavy atom. The van der Waals surface area contributed by atoms with E-state index in [2.05, 4.69) is 59.1 Å². The van der Waals surface area contributed by atoms with Gasteiger partial charge in [0.05, 0.1) is 5.02 Å². The molecule has 1 atom stereocenters. The first-order valence-corrected chi connectivity index (χ1v) is 8.69. The topological polar surface area (TPSA) is 15.3 Å². The minimum Gasteiger partial charge on any atom is -0.365 e. The van der Waals surface area contributed by atoms with E-state index in [1.807, 2.05) is 6.07 Å². The molecule has 2 nitrogen and oxygen atoms in total. The molecule has 1 aromatic carbocycles. The van der Waals surface area contributed by atoms with Gasteiger partial charge in [-0.05, 0) is 53.4 Å². The van der Waals surface area contributed by atoms with E-state index in [0.29, 0.717) is 6.04 Å². The second kappa shape index (κ2) is 6.67. The summed E-state index contributed by atoms with van der Waals surface area (Å²) in [4.78, 5) is 2.55. The summed E-state index contributed by atoms with van der Waals surface area (Å²) in [5, 5.41) is 4.55. The first-order valence-electron chi connectivity index (χ1n) is 7.52. The van der Waals surface area contributed by atoms with Crippen LogP contribution in [0.1, 0.15) is 40.0 Å². The van der Waals surface area contributed by atoms with Crippen LogP contribution in [0, 0.1) is 0 Å². The summed E-state index contributed by atoms with van der Waals surface area (Å²) in [7, 11) is 0. The molecule has 4 heteroatoms. The molecule has 0 bridgehead atoms. The highest BCUT2D eigenvalue weighted by molar-refractivity contribution is 9.10. The van der Waals surface area contributed by atoms with Crippen LogP contribution < -0.4 is 10.2 Å². The van der Waals surface area contributed by atoms with E-state index in [-0.39, 0.29) is 5.54 Å². The van der Waals surface area contributed by atoms with E-state index in [4.69, 9.17) is 11.6 Å². The molecule has 0 radical (unpaired) electrons. The minimum atomic E-state index is 0.234. The lowest BCUT2D eigenvalue weighted by molar-refractivity contribution is 0.246. The molecule has 0 aliphatic carbocycles. The maximum Gasteiger partial charge on any atom is 0.0549 e. The Morgan fingerprint density at radius 1 is 1.35 bits per heavy atom. The summed E-state index contributed by atoms with van der Waals surface area (Å²) in [6.07, 6.45) is 3.47. The monoisotopic (exact) mass is 358 g/mol. The Kier molecular flexibility index (Phi) is 5.38. The van der Waals surface area contributed by atoms with Crippen molar-refractivity contribution in [2.75, 3.05) is 18.0 Å². The van der Waals surface area contributed by atoms with Crippen LogP contribution in [-0.2, 0) is 0 Å². The van der Waals surface area contributed by atoms with Crippen LogP contribution in [0.2, 0.25) is 5.02 Å². The predicted molar refractivity (Wildman–Crippen MR) is 91.9 cm³/mol. The van der Waals surface area contributed by atoms with Gasteiger partial charge in [0.2, 0.25) is 0 Å². The van der Waals surface area contributed by atoms with Crippen molar-refractivity contribution < 1.29 is 0 Å². The number of nitrogens with one attached hydrogen (secondary N) is 1. The standard InChI is InChI=1S/C16H24BrClN2/c1-4-12-10-19-16(5-2,6-3)11-20(12)13-7-8-15(18)14(17)9-13/h7-9,12,19H,4-6,10-11H2,1-3H3. The zero-order valence-corrected chi connectivity index (χ0v) is 14.9. The number of nitrogens with zero attached hydrogens (tertiary/aromatic N) is 1. The Hall–Kier alpha value is -0.250. The third-order valence-electron chi connectivity index (χ3n) is 4.69. The average Bonchev–Trinajstić information content (AvgIpc) is 2.49. The fourth-order valence-electron chi connectivity index (χ4n) is 3.01. The van der Waals surface area contributed by atoms with Gasteiger partial charge < -0.3 is 10.2 Å². The Morgan fingerprint density at radius 2 is 2.05 bits per heavy atom. The number of hydrogen-bond acceptors (Lipinski definition) is 2. The molecule has 0 aromatic heterocycles. The Bertz CT molecular complexity index is 460. The Balaban J connectivity index is 2.31. The van der Waals surface area contributed by atoms with Gasteiger partial charge in [-0.1, -0.05) is 32.4 Å². The van der Waals surface area contributed by atoms with E-state index in [1.54, 1.807) is 0 Å². The molecule has 1 aliphatic rings. The minimum absolute atomic E-state index is 0.234. The molecule has 1 aromatic rings. The third kappa shape index (κ3) is 3.15. The summed E-state index contributed by atoms with van der Waals surface area (Å²) in [6.45, 7) is 8.93. The number of halogens is 2. The van der Waals surface area contributed by atoms with Gasteiger partial charge in [0.15, 0.2) is 0 Å². The second-order valence-electron chi connectivity index (χ2n) is 5.66. The van der Waals surface area contributed by atoms with Crippen molar-refractivity contribution in [3.05, 3.63) is 27.7 Å². The van der Waals surface area contributed by atoms with Crippen molar-refractivity contribution in [3.8, 4) is 0 Å². The lowest BCUT2D eigenvalue weighted by Gasteiger charge is -2.48. The zero-order chi connectivity index (χ0) is 14.8. The van der Waals surface area contributed by atoms with Crippen LogP contribution in [0.5, 0.6) is 0 Å². The zero-order valence-electron chi connectivity index (χ0n) is 12.5. The maximum atomic E-state index is 6.12. The van der Waals surface area contributed by atoms with Gasteiger partial charge in [0, 0.05) is 34.8 Å². The first kappa shape index (κ1) is 16.1. The summed E-state index contributed by atoms with van der Waals surface area (Å²) in [5.74, 6) is 0. The normalized spacial score (nSPS) is 22.1. The smallest absolute Gasteiger partial charge is 0.0549 e.